The normalized spacial score (nSPS) is 14.0. The Balaban J connectivity index is 1.30. The molecular formula is C24H26N4O2. The minimum Gasteiger partial charge on any atom is -0.352 e. The van der Waals surface area contributed by atoms with Gasteiger partial charge in [0.05, 0.1) is 0 Å². The fraction of sp³-hybridized carbons (Fsp3) is 0.292. The molecule has 0 aliphatic carbocycles. The number of aromatic nitrogens is 2. The molecule has 1 N–H and O–H groups in total. The number of rotatable bonds is 7. The predicted octanol–water partition coefficient (Wildman–Crippen LogP) is 3.42. The first-order chi connectivity index (χ1) is 14.7. The third-order valence-electron chi connectivity index (χ3n) is 5.40. The topological polar surface area (TPSA) is 67.2 Å². The second-order valence-electron chi connectivity index (χ2n) is 7.51. The van der Waals surface area contributed by atoms with Gasteiger partial charge in [-0.2, -0.15) is 0 Å². The van der Waals surface area contributed by atoms with Crippen molar-refractivity contribution in [2.75, 3.05) is 18.0 Å². The lowest BCUT2D eigenvalue weighted by Crippen LogP contribution is -2.35. The minimum atomic E-state index is -0.118. The van der Waals surface area contributed by atoms with E-state index in [1.165, 1.54) is 5.56 Å². The summed E-state index contributed by atoms with van der Waals surface area (Å²) in [6.45, 7) is 2.03. The average Bonchev–Trinajstić information content (AvgIpc) is 3.22. The summed E-state index contributed by atoms with van der Waals surface area (Å²) in [5.74, 6) is 0.982. The van der Waals surface area contributed by atoms with Crippen LogP contribution in [-0.4, -0.2) is 34.5 Å². The van der Waals surface area contributed by atoms with Crippen molar-refractivity contribution in [2.45, 2.75) is 32.2 Å². The number of carbonyl (C=O) groups excluding carboxylic acids is 2. The van der Waals surface area contributed by atoms with Crippen LogP contribution in [-0.2, 0) is 17.8 Å². The Morgan fingerprint density at radius 1 is 1.03 bits per heavy atom. The highest BCUT2D eigenvalue weighted by Crippen LogP contribution is 2.21. The largest absolute Gasteiger partial charge is 0.352 e. The smallest absolute Gasteiger partial charge is 0.251 e. The molecule has 6 nitrogen and oxygen atoms in total. The second kappa shape index (κ2) is 9.39. The van der Waals surface area contributed by atoms with Crippen LogP contribution in [0.3, 0.4) is 0 Å². The van der Waals surface area contributed by atoms with Crippen molar-refractivity contribution in [3.63, 3.8) is 0 Å². The quantitative estimate of drug-likeness (QED) is 0.658. The number of nitrogens with zero attached hydrogens (tertiary/aromatic N) is 3. The zero-order valence-corrected chi connectivity index (χ0v) is 17.0. The van der Waals surface area contributed by atoms with E-state index in [0.717, 1.165) is 37.4 Å². The molecule has 1 saturated heterocycles. The van der Waals surface area contributed by atoms with Gasteiger partial charge in [-0.25, -0.2) is 4.98 Å². The van der Waals surface area contributed by atoms with Gasteiger partial charge in [-0.1, -0.05) is 30.3 Å². The van der Waals surface area contributed by atoms with Crippen molar-refractivity contribution >= 4 is 17.5 Å². The van der Waals surface area contributed by atoms with Crippen LogP contribution in [0.2, 0.25) is 0 Å². The summed E-state index contributed by atoms with van der Waals surface area (Å²) in [4.78, 5) is 30.8. The molecule has 154 valence electrons. The van der Waals surface area contributed by atoms with Crippen LogP contribution in [0, 0.1) is 0 Å². The molecule has 30 heavy (non-hydrogen) atoms. The fourth-order valence-electron chi connectivity index (χ4n) is 3.75. The Hall–Kier alpha value is -3.41. The van der Waals surface area contributed by atoms with Crippen LogP contribution < -0.4 is 10.2 Å². The zero-order chi connectivity index (χ0) is 20.8. The maximum Gasteiger partial charge on any atom is 0.251 e. The number of imidazole rings is 1. The highest BCUT2D eigenvalue weighted by molar-refractivity contribution is 5.96. The zero-order valence-electron chi connectivity index (χ0n) is 17.0. The number of anilines is 1. The van der Waals surface area contributed by atoms with E-state index in [0.29, 0.717) is 24.9 Å². The Morgan fingerprint density at radius 3 is 2.60 bits per heavy atom. The molecule has 1 fully saturated rings. The molecule has 2 aromatic carbocycles. The Morgan fingerprint density at radius 2 is 1.83 bits per heavy atom. The van der Waals surface area contributed by atoms with Crippen molar-refractivity contribution < 1.29 is 9.59 Å². The molecule has 0 spiro atoms. The number of piperidine rings is 1. The van der Waals surface area contributed by atoms with E-state index in [1.54, 1.807) is 23.2 Å². The summed E-state index contributed by atoms with van der Waals surface area (Å²) < 4.78 is 2.10. The van der Waals surface area contributed by atoms with E-state index in [9.17, 15) is 9.59 Å². The molecule has 0 radical (unpaired) electrons. The van der Waals surface area contributed by atoms with Gasteiger partial charge in [-0.3, -0.25) is 9.59 Å². The average molecular weight is 402 g/mol. The summed E-state index contributed by atoms with van der Waals surface area (Å²) in [5, 5.41) is 2.96. The second-order valence-corrected chi connectivity index (χ2v) is 7.51. The first-order valence-corrected chi connectivity index (χ1v) is 10.4. The van der Waals surface area contributed by atoms with Crippen molar-refractivity contribution in [2.24, 2.45) is 0 Å². The van der Waals surface area contributed by atoms with Gasteiger partial charge in [0.15, 0.2) is 0 Å². The van der Waals surface area contributed by atoms with Gasteiger partial charge in [-0.15, -0.1) is 0 Å². The maximum absolute atomic E-state index is 12.5. The van der Waals surface area contributed by atoms with E-state index >= 15 is 0 Å². The van der Waals surface area contributed by atoms with Crippen molar-refractivity contribution in [3.8, 4) is 0 Å². The number of amides is 2. The van der Waals surface area contributed by atoms with Crippen LogP contribution in [0.4, 0.5) is 5.69 Å². The van der Waals surface area contributed by atoms with Gasteiger partial charge in [0.1, 0.15) is 5.82 Å². The Kier molecular flexibility index (Phi) is 6.23. The monoisotopic (exact) mass is 402 g/mol. The van der Waals surface area contributed by atoms with Crippen LogP contribution in [0.5, 0.6) is 0 Å². The van der Waals surface area contributed by atoms with Crippen LogP contribution in [0.15, 0.2) is 67.0 Å². The van der Waals surface area contributed by atoms with Gasteiger partial charge >= 0.3 is 0 Å². The third kappa shape index (κ3) is 4.76. The van der Waals surface area contributed by atoms with E-state index in [2.05, 4.69) is 27.0 Å². The lowest BCUT2D eigenvalue weighted by Gasteiger charge is -2.26. The molecule has 0 bridgehead atoms. The van der Waals surface area contributed by atoms with E-state index in [4.69, 9.17) is 0 Å². The first-order valence-electron chi connectivity index (χ1n) is 10.4. The number of benzene rings is 2. The number of carbonyl (C=O) groups is 2. The molecule has 4 rings (SSSR count). The summed E-state index contributed by atoms with van der Waals surface area (Å²) in [6, 6.07) is 17.5. The van der Waals surface area contributed by atoms with Gasteiger partial charge < -0.3 is 14.8 Å². The van der Waals surface area contributed by atoms with Crippen LogP contribution >= 0.6 is 0 Å². The lowest BCUT2D eigenvalue weighted by molar-refractivity contribution is -0.119. The van der Waals surface area contributed by atoms with E-state index < -0.39 is 0 Å². The molecule has 3 aromatic rings. The molecule has 0 unspecified atom stereocenters. The molecular weight excluding hydrogens is 376 g/mol. The van der Waals surface area contributed by atoms with Crippen molar-refractivity contribution in [1.82, 2.24) is 14.9 Å². The number of hydrogen-bond acceptors (Lipinski definition) is 3. The summed E-state index contributed by atoms with van der Waals surface area (Å²) in [6.07, 6.45) is 6.99. The molecule has 6 heteroatoms. The highest BCUT2D eigenvalue weighted by Gasteiger charge is 2.19. The predicted molar refractivity (Wildman–Crippen MR) is 116 cm³/mol. The molecule has 1 aliphatic heterocycles. The third-order valence-corrected chi connectivity index (χ3v) is 5.40. The minimum absolute atomic E-state index is 0.118. The summed E-state index contributed by atoms with van der Waals surface area (Å²) in [5.41, 5.74) is 2.67. The standard InChI is InChI=1S/C24H26N4O2/c29-23-8-4-5-16-28(23)21-11-9-20(10-12-21)24(30)26-14-13-22-25-15-17-27(22)18-19-6-2-1-3-7-19/h1-3,6-7,9-12,15,17H,4-5,8,13-14,16,18H2,(H,26,30). The summed E-state index contributed by atoms with van der Waals surface area (Å²) >= 11 is 0. The molecule has 2 amide bonds. The molecule has 0 atom stereocenters. The van der Waals surface area contributed by atoms with Crippen LogP contribution in [0.1, 0.15) is 41.0 Å². The van der Waals surface area contributed by atoms with Crippen molar-refractivity contribution in [1.29, 1.82) is 0 Å². The number of hydrogen-bond donors (Lipinski definition) is 1. The highest BCUT2D eigenvalue weighted by atomic mass is 16.2. The van der Waals surface area contributed by atoms with Crippen molar-refractivity contribution in [3.05, 3.63) is 83.9 Å². The van der Waals surface area contributed by atoms with Gasteiger partial charge in [0, 0.05) is 56.1 Å². The maximum atomic E-state index is 12.5. The molecule has 1 aliphatic rings. The Bertz CT molecular complexity index is 996. The lowest BCUT2D eigenvalue weighted by atomic mass is 10.1. The van der Waals surface area contributed by atoms with E-state index in [1.807, 2.05) is 36.5 Å². The molecule has 1 aromatic heterocycles. The summed E-state index contributed by atoms with van der Waals surface area (Å²) in [7, 11) is 0. The van der Waals surface area contributed by atoms with Gasteiger partial charge in [0.2, 0.25) is 5.91 Å². The van der Waals surface area contributed by atoms with Gasteiger partial charge in [-0.05, 0) is 42.7 Å². The fourth-order valence-corrected chi connectivity index (χ4v) is 3.75. The van der Waals surface area contributed by atoms with Crippen LogP contribution in [0.25, 0.3) is 0 Å². The van der Waals surface area contributed by atoms with Gasteiger partial charge in [0.25, 0.3) is 5.91 Å². The Labute approximate surface area is 176 Å². The molecule has 0 saturated carbocycles. The molecule has 2 heterocycles. The number of nitrogens with one attached hydrogen (secondary N) is 1. The SMILES string of the molecule is O=C(NCCc1nccn1Cc1ccccc1)c1ccc(N2CCCCC2=O)cc1. The van der Waals surface area contributed by atoms with E-state index in [-0.39, 0.29) is 11.8 Å². The first kappa shape index (κ1) is 19.9.